The summed E-state index contributed by atoms with van der Waals surface area (Å²) in [6.45, 7) is 7.81. The Kier molecular flexibility index (Phi) is 4.36. The summed E-state index contributed by atoms with van der Waals surface area (Å²) >= 11 is 0. The first kappa shape index (κ1) is 14.6. The first-order chi connectivity index (χ1) is 8.91. The summed E-state index contributed by atoms with van der Waals surface area (Å²) in [6.07, 6.45) is 2.87. The molecule has 3 nitrogen and oxygen atoms in total. The van der Waals surface area contributed by atoms with E-state index < -0.39 is 0 Å². The Balaban J connectivity index is 2.42. The number of likely N-dealkylation sites (N-methyl/N-ethyl adjacent to an activating group) is 1. The minimum Gasteiger partial charge on any atom is -0.388 e. The minimum absolute atomic E-state index is 0.254. The van der Waals surface area contributed by atoms with Gasteiger partial charge in [0.05, 0.1) is 6.10 Å². The number of aliphatic hydroxyl groups is 1. The summed E-state index contributed by atoms with van der Waals surface area (Å²) in [6, 6.07) is 2.69. The highest BCUT2D eigenvalue weighted by Gasteiger charge is 2.27. The van der Waals surface area contributed by atoms with Crippen molar-refractivity contribution in [3.05, 3.63) is 23.0 Å². The third kappa shape index (κ3) is 2.87. The van der Waals surface area contributed by atoms with Crippen LogP contribution in [-0.2, 0) is 6.42 Å². The summed E-state index contributed by atoms with van der Waals surface area (Å²) in [7, 11) is 4.27. The van der Waals surface area contributed by atoms with Gasteiger partial charge in [0.2, 0.25) is 0 Å². The van der Waals surface area contributed by atoms with Gasteiger partial charge in [-0.05, 0) is 52.3 Å². The largest absolute Gasteiger partial charge is 0.388 e. The monoisotopic (exact) mass is 264 g/mol. The van der Waals surface area contributed by atoms with Gasteiger partial charge in [0, 0.05) is 29.5 Å². The van der Waals surface area contributed by atoms with Crippen LogP contribution in [0.15, 0.2) is 6.07 Å². The quantitative estimate of drug-likeness (QED) is 0.905. The van der Waals surface area contributed by atoms with E-state index in [2.05, 4.69) is 50.4 Å². The van der Waals surface area contributed by atoms with Crippen molar-refractivity contribution >= 4 is 0 Å². The van der Waals surface area contributed by atoms with Gasteiger partial charge < -0.3 is 14.6 Å². The molecule has 2 atom stereocenters. The van der Waals surface area contributed by atoms with Crippen LogP contribution in [0.3, 0.4) is 0 Å². The number of aryl methyl sites for hydroxylation is 1. The van der Waals surface area contributed by atoms with Gasteiger partial charge in [-0.15, -0.1) is 0 Å². The Morgan fingerprint density at radius 2 is 2.11 bits per heavy atom. The van der Waals surface area contributed by atoms with Gasteiger partial charge in [0.1, 0.15) is 0 Å². The van der Waals surface area contributed by atoms with Crippen LogP contribution in [0.4, 0.5) is 0 Å². The van der Waals surface area contributed by atoms with E-state index in [4.69, 9.17) is 0 Å². The van der Waals surface area contributed by atoms with Gasteiger partial charge in [-0.2, -0.15) is 0 Å². The Morgan fingerprint density at radius 3 is 2.68 bits per heavy atom. The standard InChI is InChI=1S/C16H28N2O/c1-11(2)15(10-17(4)5)18-12(3)9-13-14(18)7-6-8-16(13)19/h9,11,15-16,19H,6-8,10H2,1-5H3. The number of hydrogen-bond donors (Lipinski definition) is 1. The molecule has 2 rings (SSSR count). The predicted molar refractivity (Wildman–Crippen MR) is 79.5 cm³/mol. The van der Waals surface area contributed by atoms with Crippen LogP contribution in [0.2, 0.25) is 0 Å². The second-order valence-corrected chi connectivity index (χ2v) is 6.54. The highest BCUT2D eigenvalue weighted by atomic mass is 16.3. The van der Waals surface area contributed by atoms with E-state index in [9.17, 15) is 5.11 Å². The van der Waals surface area contributed by atoms with Gasteiger partial charge in [-0.1, -0.05) is 13.8 Å². The lowest BCUT2D eigenvalue weighted by Gasteiger charge is -2.31. The molecule has 1 aromatic rings. The van der Waals surface area contributed by atoms with Crippen molar-refractivity contribution in [2.24, 2.45) is 5.92 Å². The number of nitrogens with zero attached hydrogens (tertiary/aromatic N) is 2. The zero-order valence-electron chi connectivity index (χ0n) is 13.0. The van der Waals surface area contributed by atoms with E-state index in [0.717, 1.165) is 25.8 Å². The van der Waals surface area contributed by atoms with E-state index in [1.807, 2.05) is 0 Å². The Morgan fingerprint density at radius 1 is 1.42 bits per heavy atom. The molecule has 0 fully saturated rings. The zero-order valence-corrected chi connectivity index (χ0v) is 13.0. The van der Waals surface area contributed by atoms with Crippen LogP contribution in [0.5, 0.6) is 0 Å². The van der Waals surface area contributed by atoms with Crippen molar-refractivity contribution in [3.63, 3.8) is 0 Å². The number of hydrogen-bond acceptors (Lipinski definition) is 2. The fourth-order valence-corrected chi connectivity index (χ4v) is 3.33. The lowest BCUT2D eigenvalue weighted by molar-refractivity contribution is 0.154. The highest BCUT2D eigenvalue weighted by molar-refractivity contribution is 5.32. The molecule has 2 unspecified atom stereocenters. The summed E-state index contributed by atoms with van der Waals surface area (Å²) in [4.78, 5) is 2.26. The molecule has 1 N–H and O–H groups in total. The molecule has 0 spiro atoms. The predicted octanol–water partition coefficient (Wildman–Crippen LogP) is 2.92. The molecule has 0 bridgehead atoms. The molecule has 19 heavy (non-hydrogen) atoms. The molecule has 0 saturated carbocycles. The van der Waals surface area contributed by atoms with Crippen LogP contribution in [0, 0.1) is 12.8 Å². The molecule has 0 aromatic carbocycles. The van der Waals surface area contributed by atoms with Gasteiger partial charge >= 0.3 is 0 Å². The summed E-state index contributed by atoms with van der Waals surface area (Å²) in [5.74, 6) is 0.594. The average Bonchev–Trinajstić information content (AvgIpc) is 2.64. The summed E-state index contributed by atoms with van der Waals surface area (Å²) in [5.41, 5.74) is 3.84. The van der Waals surface area contributed by atoms with Gasteiger partial charge in [-0.3, -0.25) is 0 Å². The molecular formula is C16H28N2O. The Labute approximate surface area is 117 Å². The maximum absolute atomic E-state index is 10.2. The van der Waals surface area contributed by atoms with Crippen LogP contribution in [0.25, 0.3) is 0 Å². The zero-order chi connectivity index (χ0) is 14.2. The molecule has 0 aliphatic heterocycles. The molecule has 1 aromatic heterocycles. The topological polar surface area (TPSA) is 28.4 Å². The maximum Gasteiger partial charge on any atom is 0.0807 e. The second kappa shape index (κ2) is 5.68. The smallest absolute Gasteiger partial charge is 0.0807 e. The number of aliphatic hydroxyl groups excluding tert-OH is 1. The molecular weight excluding hydrogens is 236 g/mol. The molecule has 0 amide bonds. The van der Waals surface area contributed by atoms with Crippen LogP contribution < -0.4 is 0 Å². The van der Waals surface area contributed by atoms with Crippen molar-refractivity contribution in [1.29, 1.82) is 0 Å². The third-order valence-electron chi connectivity index (χ3n) is 4.27. The molecule has 3 heteroatoms. The van der Waals surface area contributed by atoms with Crippen molar-refractivity contribution in [2.45, 2.75) is 52.2 Å². The number of fused-ring (bicyclic) bond motifs is 1. The van der Waals surface area contributed by atoms with Gasteiger partial charge in [0.25, 0.3) is 0 Å². The first-order valence-electron chi connectivity index (χ1n) is 7.45. The van der Waals surface area contributed by atoms with Crippen LogP contribution >= 0.6 is 0 Å². The van der Waals surface area contributed by atoms with Crippen LogP contribution in [-0.4, -0.2) is 35.2 Å². The summed E-state index contributed by atoms with van der Waals surface area (Å²) in [5, 5.41) is 10.2. The van der Waals surface area contributed by atoms with E-state index in [1.54, 1.807) is 0 Å². The van der Waals surface area contributed by atoms with Crippen molar-refractivity contribution < 1.29 is 5.11 Å². The molecule has 0 saturated heterocycles. The fourth-order valence-electron chi connectivity index (χ4n) is 3.33. The first-order valence-corrected chi connectivity index (χ1v) is 7.45. The molecule has 1 aliphatic rings. The highest BCUT2D eigenvalue weighted by Crippen LogP contribution is 2.35. The second-order valence-electron chi connectivity index (χ2n) is 6.54. The van der Waals surface area contributed by atoms with Crippen molar-refractivity contribution in [2.75, 3.05) is 20.6 Å². The SMILES string of the molecule is Cc1cc2c(n1C(CN(C)C)C(C)C)CCCC2O. The van der Waals surface area contributed by atoms with E-state index in [1.165, 1.54) is 17.0 Å². The van der Waals surface area contributed by atoms with E-state index >= 15 is 0 Å². The summed E-state index contributed by atoms with van der Waals surface area (Å²) < 4.78 is 2.49. The van der Waals surface area contributed by atoms with Gasteiger partial charge in [-0.25, -0.2) is 0 Å². The molecule has 108 valence electrons. The van der Waals surface area contributed by atoms with E-state index in [0.29, 0.717) is 12.0 Å². The van der Waals surface area contributed by atoms with Crippen molar-refractivity contribution in [1.82, 2.24) is 9.47 Å². The molecule has 1 heterocycles. The Bertz CT molecular complexity index is 434. The normalized spacial score (nSPS) is 20.9. The Hall–Kier alpha value is -0.800. The number of aromatic nitrogens is 1. The molecule has 1 aliphatic carbocycles. The van der Waals surface area contributed by atoms with Crippen LogP contribution in [0.1, 0.15) is 55.8 Å². The lowest BCUT2D eigenvalue weighted by atomic mass is 9.94. The number of rotatable bonds is 4. The average molecular weight is 264 g/mol. The van der Waals surface area contributed by atoms with Gasteiger partial charge in [0.15, 0.2) is 0 Å². The van der Waals surface area contributed by atoms with E-state index in [-0.39, 0.29) is 6.10 Å². The fraction of sp³-hybridized carbons (Fsp3) is 0.750. The maximum atomic E-state index is 10.2. The minimum atomic E-state index is -0.254. The molecule has 0 radical (unpaired) electrons. The third-order valence-corrected chi connectivity index (χ3v) is 4.27. The lowest BCUT2D eigenvalue weighted by Crippen LogP contribution is -2.30. The van der Waals surface area contributed by atoms with Crippen molar-refractivity contribution in [3.8, 4) is 0 Å².